The average Bonchev–Trinajstić information content (AvgIpc) is 1.35. The largest absolute Gasteiger partial charge is 0.263 e. The molecule has 38 valence electrons. The lowest BCUT2D eigenvalue weighted by molar-refractivity contribution is 0.833. The molecule has 0 saturated carbocycles. The molecule has 0 spiro atoms. The topological polar surface area (TPSA) is 61.9 Å². The minimum Gasteiger partial charge on any atom is -0.263 e. The molecule has 6 heavy (non-hydrogen) atoms. The van der Waals surface area contributed by atoms with E-state index in [1.807, 2.05) is 5.09 Å². The van der Waals surface area contributed by atoms with Crippen LogP contribution in [-0.4, -0.2) is 7.05 Å². The zero-order valence-corrected chi connectivity index (χ0v) is 4.30. The maximum Gasteiger partial charge on any atom is 0.257 e. The van der Waals surface area contributed by atoms with Gasteiger partial charge < -0.3 is 0 Å². The second-order valence-electron chi connectivity index (χ2n) is 0.860. The lowest BCUT2D eigenvalue weighted by Gasteiger charge is -1.98. The molecule has 0 rings (SSSR count). The smallest absolute Gasteiger partial charge is 0.257 e. The molecular formula is CH7FN3P. The van der Waals surface area contributed by atoms with E-state index >= 15 is 0 Å². The van der Waals surface area contributed by atoms with E-state index in [4.69, 9.17) is 5.16 Å². The molecule has 0 amide bonds. The van der Waals surface area contributed by atoms with E-state index < -0.39 is 7.67 Å². The van der Waals surface area contributed by atoms with E-state index in [1.54, 1.807) is 0 Å². The van der Waals surface area contributed by atoms with E-state index in [-0.39, 0.29) is 0 Å². The maximum atomic E-state index is 11.6. The Morgan fingerprint density at radius 3 is 2.17 bits per heavy atom. The molecule has 0 aromatic heterocycles. The van der Waals surface area contributed by atoms with Gasteiger partial charge in [0, 0.05) is 0 Å². The van der Waals surface area contributed by atoms with Crippen LogP contribution in [0.4, 0.5) is 4.20 Å². The molecule has 0 aromatic carbocycles. The number of rotatable bonds is 1. The van der Waals surface area contributed by atoms with Crippen molar-refractivity contribution in [1.29, 1.82) is 5.16 Å². The summed E-state index contributed by atoms with van der Waals surface area (Å²) in [5.41, 5.74) is 4.53. The molecular weight excluding hydrogens is 104 g/mol. The SMILES string of the molecule is CNP(=N)(N)F. The molecule has 0 fully saturated rings. The molecule has 0 aliphatic rings. The Morgan fingerprint density at radius 2 is 2.17 bits per heavy atom. The Balaban J connectivity index is 3.48. The second-order valence-corrected chi connectivity index (χ2v) is 2.58. The fraction of sp³-hybridized carbons (Fsp3) is 1.00. The van der Waals surface area contributed by atoms with E-state index in [0.717, 1.165) is 0 Å². The maximum absolute atomic E-state index is 11.6. The number of hydrogen-bond donors (Lipinski definition) is 3. The summed E-state index contributed by atoms with van der Waals surface area (Å²) >= 11 is 0. The monoisotopic (exact) mass is 111 g/mol. The molecule has 5 heteroatoms. The van der Waals surface area contributed by atoms with Crippen LogP contribution >= 0.6 is 7.67 Å². The quantitative estimate of drug-likeness (QED) is 0.435. The Bertz CT molecular complexity index is 74.9. The fourth-order valence-electron chi connectivity index (χ4n) is 0. The Morgan fingerprint density at radius 1 is 2.00 bits per heavy atom. The first-order valence-electron chi connectivity index (χ1n) is 1.37. The van der Waals surface area contributed by atoms with E-state index in [9.17, 15) is 4.20 Å². The first kappa shape index (κ1) is 6.08. The van der Waals surface area contributed by atoms with E-state index in [0.29, 0.717) is 0 Å². The zero-order chi connectivity index (χ0) is 5.21. The van der Waals surface area contributed by atoms with Gasteiger partial charge in [0.1, 0.15) is 0 Å². The fourth-order valence-corrected chi connectivity index (χ4v) is 0. The molecule has 1 atom stereocenters. The third-order valence-electron chi connectivity index (χ3n) is 0.325. The Labute approximate surface area is 35.8 Å². The van der Waals surface area contributed by atoms with Crippen molar-refractivity contribution in [2.75, 3.05) is 7.05 Å². The molecule has 0 saturated heterocycles. The molecule has 4 N–H and O–H groups in total. The van der Waals surface area contributed by atoms with Crippen molar-refractivity contribution in [3.63, 3.8) is 0 Å². The lowest BCUT2D eigenvalue weighted by Crippen LogP contribution is -2.04. The van der Waals surface area contributed by atoms with Crippen molar-refractivity contribution in [1.82, 2.24) is 5.09 Å². The van der Waals surface area contributed by atoms with Gasteiger partial charge in [-0.1, -0.05) is 0 Å². The summed E-state index contributed by atoms with van der Waals surface area (Å²) in [5.74, 6) is 0. The number of hydrogen-bond acceptors (Lipinski definition) is 1. The second kappa shape index (κ2) is 1.69. The molecule has 0 aliphatic heterocycles. The van der Waals surface area contributed by atoms with Crippen molar-refractivity contribution >= 4 is 7.67 Å². The van der Waals surface area contributed by atoms with Crippen LogP contribution in [0.1, 0.15) is 0 Å². The van der Waals surface area contributed by atoms with Gasteiger partial charge in [-0.3, -0.25) is 10.7 Å². The molecule has 3 nitrogen and oxygen atoms in total. The van der Waals surface area contributed by atoms with Gasteiger partial charge in [0.25, 0.3) is 7.67 Å². The summed E-state index contributed by atoms with van der Waals surface area (Å²) in [6, 6.07) is 0. The van der Waals surface area contributed by atoms with Gasteiger partial charge in [-0.15, -0.1) is 0 Å². The first-order valence-corrected chi connectivity index (χ1v) is 3.12. The summed E-state index contributed by atoms with van der Waals surface area (Å²) < 4.78 is 11.6. The van der Waals surface area contributed by atoms with Crippen LogP contribution in [-0.2, 0) is 0 Å². The van der Waals surface area contributed by atoms with Crippen LogP contribution in [0.25, 0.3) is 0 Å². The zero-order valence-electron chi connectivity index (χ0n) is 3.40. The highest BCUT2D eigenvalue weighted by Crippen LogP contribution is 2.30. The summed E-state index contributed by atoms with van der Waals surface area (Å²) in [4.78, 5) is 0. The summed E-state index contributed by atoms with van der Waals surface area (Å²) in [6.07, 6.45) is 0. The van der Waals surface area contributed by atoms with Crippen LogP contribution in [0.3, 0.4) is 0 Å². The van der Waals surface area contributed by atoms with E-state index in [2.05, 4.69) is 5.50 Å². The molecule has 0 bridgehead atoms. The standard InChI is InChI=1S/CH7FN3P/c1-5-6(2,3)4/h1H3,(H4,3,4,5). The van der Waals surface area contributed by atoms with Crippen molar-refractivity contribution in [2.24, 2.45) is 5.50 Å². The minimum absolute atomic E-state index is 1.32. The predicted molar refractivity (Wildman–Crippen MR) is 24.0 cm³/mol. The van der Waals surface area contributed by atoms with Crippen LogP contribution < -0.4 is 10.6 Å². The number of nitrogens with two attached hydrogens (primary N) is 1. The van der Waals surface area contributed by atoms with Gasteiger partial charge in [-0.05, 0) is 7.05 Å². The van der Waals surface area contributed by atoms with Crippen molar-refractivity contribution in [3.05, 3.63) is 0 Å². The third kappa shape index (κ3) is 4.08. The summed E-state index contributed by atoms with van der Waals surface area (Å²) in [6.45, 7) is 0. The highest BCUT2D eigenvalue weighted by atomic mass is 31.2. The van der Waals surface area contributed by atoms with Crippen LogP contribution in [0.5, 0.6) is 0 Å². The van der Waals surface area contributed by atoms with Gasteiger partial charge >= 0.3 is 0 Å². The lowest BCUT2D eigenvalue weighted by atomic mass is 11.6. The van der Waals surface area contributed by atoms with Gasteiger partial charge in [0.2, 0.25) is 0 Å². The van der Waals surface area contributed by atoms with Crippen LogP contribution in [0.2, 0.25) is 0 Å². The van der Waals surface area contributed by atoms with E-state index in [1.165, 1.54) is 7.05 Å². The van der Waals surface area contributed by atoms with Gasteiger partial charge in [0.15, 0.2) is 0 Å². The molecule has 0 radical (unpaired) electrons. The van der Waals surface area contributed by atoms with Gasteiger partial charge in [-0.25, -0.2) is 5.09 Å². The highest BCUT2D eigenvalue weighted by molar-refractivity contribution is 7.55. The van der Waals surface area contributed by atoms with Gasteiger partial charge in [0.05, 0.1) is 0 Å². The molecule has 0 aliphatic carbocycles. The van der Waals surface area contributed by atoms with Crippen molar-refractivity contribution < 1.29 is 4.20 Å². The van der Waals surface area contributed by atoms with Crippen molar-refractivity contribution in [3.8, 4) is 0 Å². The minimum atomic E-state index is -3.40. The summed E-state index contributed by atoms with van der Waals surface area (Å²) in [7, 11) is -2.08. The third-order valence-corrected chi connectivity index (χ3v) is 0.976. The average molecular weight is 111 g/mol. The van der Waals surface area contributed by atoms with Crippen LogP contribution in [0, 0.1) is 5.16 Å². The van der Waals surface area contributed by atoms with Crippen LogP contribution in [0.15, 0.2) is 0 Å². The molecule has 0 aromatic rings. The number of halogens is 1. The summed E-state index contributed by atoms with van der Waals surface area (Å²) in [5, 5.41) is 8.28. The molecule has 1 unspecified atom stereocenters. The van der Waals surface area contributed by atoms with Crippen molar-refractivity contribution in [2.45, 2.75) is 0 Å². The first-order chi connectivity index (χ1) is 2.56. The predicted octanol–water partition coefficient (Wildman–Crippen LogP) is 0.659. The molecule has 0 heterocycles. The Kier molecular flexibility index (Phi) is 1.71. The number of nitrogens with one attached hydrogen (secondary N) is 2. The normalized spacial score (nSPS) is 19.8. The highest BCUT2D eigenvalue weighted by Gasteiger charge is 1.98. The Hall–Kier alpha value is 0.0800. The van der Waals surface area contributed by atoms with Gasteiger partial charge in [-0.2, -0.15) is 4.20 Å².